The van der Waals surface area contributed by atoms with Crippen molar-refractivity contribution in [3.05, 3.63) is 63.6 Å². The summed E-state index contributed by atoms with van der Waals surface area (Å²) in [5.74, 6) is -0.123. The smallest absolute Gasteiger partial charge is 0.250 e. The molecule has 0 bridgehead atoms. The largest absolute Gasteiger partial charge is 0.315 e. The molecule has 32 heavy (non-hydrogen) atoms. The van der Waals surface area contributed by atoms with Gasteiger partial charge >= 0.3 is 0 Å². The predicted molar refractivity (Wildman–Crippen MR) is 131 cm³/mol. The lowest BCUT2D eigenvalue weighted by Crippen LogP contribution is -2.47. The minimum absolute atomic E-state index is 0.0580. The lowest BCUT2D eigenvalue weighted by atomic mass is 10.1. The highest BCUT2D eigenvalue weighted by atomic mass is 79.9. The topological polar surface area (TPSA) is 67.9 Å². The van der Waals surface area contributed by atoms with Gasteiger partial charge in [0.2, 0.25) is 5.91 Å². The van der Waals surface area contributed by atoms with E-state index in [2.05, 4.69) is 38.7 Å². The third-order valence-electron chi connectivity index (χ3n) is 5.67. The molecule has 0 radical (unpaired) electrons. The summed E-state index contributed by atoms with van der Waals surface area (Å²) in [7, 11) is 1.78. The van der Waals surface area contributed by atoms with Crippen LogP contribution < -0.4 is 15.5 Å². The van der Waals surface area contributed by atoms with Crippen molar-refractivity contribution in [3.63, 3.8) is 0 Å². The molecule has 1 heterocycles. The van der Waals surface area contributed by atoms with Crippen LogP contribution in [0.4, 0.5) is 5.69 Å². The van der Waals surface area contributed by atoms with E-state index >= 15 is 0 Å². The number of fused-ring (bicyclic) bond motifs is 1. The van der Waals surface area contributed by atoms with E-state index in [4.69, 9.17) is 0 Å². The summed E-state index contributed by atoms with van der Waals surface area (Å²) in [5.41, 5.74) is 4.40. The van der Waals surface area contributed by atoms with Gasteiger partial charge in [0.25, 0.3) is 5.91 Å². The lowest BCUT2D eigenvalue weighted by molar-refractivity contribution is -0.145. The number of halogens is 1. The molecular weight excluding hydrogens is 470 g/mol. The zero-order chi connectivity index (χ0) is 23.1. The first-order valence-corrected chi connectivity index (χ1v) is 11.8. The van der Waals surface area contributed by atoms with Gasteiger partial charge in [-0.3, -0.25) is 19.9 Å². The van der Waals surface area contributed by atoms with Crippen molar-refractivity contribution in [3.8, 4) is 0 Å². The van der Waals surface area contributed by atoms with Crippen molar-refractivity contribution in [2.75, 3.05) is 44.7 Å². The number of amides is 2. The van der Waals surface area contributed by atoms with E-state index in [1.807, 2.05) is 49.2 Å². The van der Waals surface area contributed by atoms with Crippen LogP contribution in [0.5, 0.6) is 0 Å². The molecule has 1 aliphatic heterocycles. The second-order valence-electron chi connectivity index (χ2n) is 7.94. The molecule has 0 atom stereocenters. The molecule has 0 aromatic heterocycles. The normalized spacial score (nSPS) is 13.1. The Bertz CT molecular complexity index is 927. The average Bonchev–Trinajstić information content (AvgIpc) is 3.21. The fourth-order valence-corrected chi connectivity index (χ4v) is 4.32. The Balaban J connectivity index is 1.54. The second kappa shape index (κ2) is 11.6. The molecule has 2 amide bonds. The maximum absolute atomic E-state index is 13.0. The van der Waals surface area contributed by atoms with E-state index in [-0.39, 0.29) is 24.9 Å². The Hall–Kier alpha value is -2.26. The molecule has 7 nitrogen and oxygen atoms in total. The van der Waals surface area contributed by atoms with Gasteiger partial charge < -0.3 is 10.2 Å². The van der Waals surface area contributed by atoms with Crippen molar-refractivity contribution in [2.24, 2.45) is 0 Å². The van der Waals surface area contributed by atoms with Gasteiger partial charge in [-0.15, -0.1) is 0 Å². The number of hydrogen-bond donors (Lipinski definition) is 2. The predicted octanol–water partition coefficient (Wildman–Crippen LogP) is 2.68. The molecule has 0 unspecified atom stereocenters. The fraction of sp³-hybridized carbons (Fsp3) is 0.417. The van der Waals surface area contributed by atoms with E-state index in [0.717, 1.165) is 35.4 Å². The summed E-state index contributed by atoms with van der Waals surface area (Å²) < 4.78 is 0.980. The zero-order valence-corrected chi connectivity index (χ0v) is 20.6. The molecule has 8 heteroatoms. The Morgan fingerprint density at radius 1 is 1.03 bits per heavy atom. The van der Waals surface area contributed by atoms with Crippen LogP contribution in [0.15, 0.2) is 46.9 Å². The number of carbonyl (C=O) groups is 2. The molecule has 2 aromatic carbocycles. The first-order valence-electron chi connectivity index (χ1n) is 11.0. The molecule has 0 fully saturated rings. The van der Waals surface area contributed by atoms with E-state index < -0.39 is 0 Å². The highest BCUT2D eigenvalue weighted by molar-refractivity contribution is 9.10. The molecule has 172 valence electrons. The maximum atomic E-state index is 13.0. The van der Waals surface area contributed by atoms with Crippen molar-refractivity contribution in [1.82, 2.24) is 20.7 Å². The van der Waals surface area contributed by atoms with Gasteiger partial charge in [0.15, 0.2) is 0 Å². The van der Waals surface area contributed by atoms with E-state index in [1.54, 1.807) is 17.0 Å². The standard InChI is InChI=1S/C24H32BrN5O2/c1-4-26-11-12-30(22-10-9-21(25)13-18(22)2)24(32)15-27-14-23(31)28(3)29-16-19-7-5-6-8-20(19)17-29/h5-10,13,26-27H,4,11-12,14-17H2,1-3H3. The van der Waals surface area contributed by atoms with Gasteiger partial charge in [-0.1, -0.05) is 47.1 Å². The van der Waals surface area contributed by atoms with Gasteiger partial charge in [0.1, 0.15) is 0 Å². The molecule has 2 aromatic rings. The summed E-state index contributed by atoms with van der Waals surface area (Å²) >= 11 is 3.48. The van der Waals surface area contributed by atoms with Crippen LogP contribution in [-0.2, 0) is 22.7 Å². The summed E-state index contributed by atoms with van der Waals surface area (Å²) in [6, 6.07) is 14.1. The number of rotatable bonds is 10. The third kappa shape index (κ3) is 6.16. The highest BCUT2D eigenvalue weighted by Crippen LogP contribution is 2.24. The van der Waals surface area contributed by atoms with Crippen LogP contribution in [0.3, 0.4) is 0 Å². The van der Waals surface area contributed by atoms with Crippen molar-refractivity contribution >= 4 is 33.4 Å². The second-order valence-corrected chi connectivity index (χ2v) is 8.86. The van der Waals surface area contributed by atoms with Crippen LogP contribution >= 0.6 is 15.9 Å². The lowest BCUT2D eigenvalue weighted by Gasteiger charge is -2.28. The molecule has 3 rings (SSSR count). The molecule has 2 N–H and O–H groups in total. The highest BCUT2D eigenvalue weighted by Gasteiger charge is 2.25. The first kappa shape index (κ1) is 24.4. The number of nitrogens with zero attached hydrogens (tertiary/aromatic N) is 3. The van der Waals surface area contributed by atoms with Crippen molar-refractivity contribution < 1.29 is 9.59 Å². The van der Waals surface area contributed by atoms with Crippen LogP contribution in [-0.4, -0.2) is 61.6 Å². The van der Waals surface area contributed by atoms with E-state index in [0.29, 0.717) is 13.1 Å². The molecule has 0 saturated heterocycles. The zero-order valence-electron chi connectivity index (χ0n) is 19.0. The summed E-state index contributed by atoms with van der Waals surface area (Å²) in [5, 5.41) is 9.99. The van der Waals surface area contributed by atoms with Gasteiger partial charge in [-0.05, 0) is 48.4 Å². The molecule has 0 saturated carbocycles. The van der Waals surface area contributed by atoms with Gasteiger partial charge in [-0.25, -0.2) is 5.01 Å². The molecular formula is C24H32BrN5O2. The number of carbonyl (C=O) groups excluding carboxylic acids is 2. The van der Waals surface area contributed by atoms with Crippen LogP contribution in [0.1, 0.15) is 23.6 Å². The average molecular weight is 502 g/mol. The third-order valence-corrected chi connectivity index (χ3v) is 6.17. The molecule has 0 aliphatic carbocycles. The van der Waals surface area contributed by atoms with Crippen LogP contribution in [0, 0.1) is 6.92 Å². The van der Waals surface area contributed by atoms with Crippen LogP contribution in [0.2, 0.25) is 0 Å². The molecule has 0 spiro atoms. The number of nitrogens with one attached hydrogen (secondary N) is 2. The quantitative estimate of drug-likeness (QED) is 0.490. The number of likely N-dealkylation sites (N-methyl/N-ethyl adjacent to an activating group) is 2. The minimum Gasteiger partial charge on any atom is -0.315 e. The number of hydrogen-bond acceptors (Lipinski definition) is 5. The number of aryl methyl sites for hydroxylation is 1. The fourth-order valence-electron chi connectivity index (χ4n) is 3.84. The number of hydrazine groups is 1. The van der Waals surface area contributed by atoms with E-state index in [1.165, 1.54) is 11.1 Å². The Kier molecular flexibility index (Phi) is 8.81. The molecule has 1 aliphatic rings. The van der Waals surface area contributed by atoms with Gasteiger partial charge in [0, 0.05) is 43.4 Å². The van der Waals surface area contributed by atoms with Crippen molar-refractivity contribution in [2.45, 2.75) is 26.9 Å². The first-order chi connectivity index (χ1) is 15.4. The van der Waals surface area contributed by atoms with Crippen molar-refractivity contribution in [1.29, 1.82) is 0 Å². The number of anilines is 1. The summed E-state index contributed by atoms with van der Waals surface area (Å²) in [6.07, 6.45) is 0. The summed E-state index contributed by atoms with van der Waals surface area (Å²) in [4.78, 5) is 27.5. The van der Waals surface area contributed by atoms with Crippen LogP contribution in [0.25, 0.3) is 0 Å². The Labute approximate surface area is 198 Å². The maximum Gasteiger partial charge on any atom is 0.250 e. The Morgan fingerprint density at radius 3 is 2.31 bits per heavy atom. The summed E-state index contributed by atoms with van der Waals surface area (Å²) in [6.45, 7) is 7.80. The Morgan fingerprint density at radius 2 is 1.69 bits per heavy atom. The van der Waals surface area contributed by atoms with Gasteiger partial charge in [-0.2, -0.15) is 0 Å². The van der Waals surface area contributed by atoms with Gasteiger partial charge in [0.05, 0.1) is 13.1 Å². The minimum atomic E-state index is -0.0652. The monoisotopic (exact) mass is 501 g/mol. The SMILES string of the molecule is CCNCCN(C(=O)CNCC(=O)N(C)N1Cc2ccccc2C1)c1ccc(Br)cc1C. The number of benzene rings is 2. The van der Waals surface area contributed by atoms with E-state index in [9.17, 15) is 9.59 Å².